The van der Waals surface area contributed by atoms with Gasteiger partial charge in [0.25, 0.3) is 0 Å². The van der Waals surface area contributed by atoms with E-state index < -0.39 is 214 Å². The quantitative estimate of drug-likeness (QED) is 0.0136. The van der Waals surface area contributed by atoms with Crippen LogP contribution in [0.15, 0.2) is 97.2 Å². The standard InChI is InChI=1S/C80H113N19O19S2/c1-41(66(85)106)88-70(110)59(39-62(84)105)93-67(107)53(21-15-16-33-86-43(3)101)96-77(117)78(5,6)99-73(113)57(37-46-22-25-47-17-11-12-18-48(47)35-46)92-71(111)56(36-45-23-26-50(27-24-45)118-34-32-81)95-76(116)65(80(9,10)120)98-69(109)55(29-31-61(83)104)90-72(112)58(38-49-40-87-52-20-14-13-19-51(49)52)94-74(114)63(42(2)100)97-68(108)54(28-30-60(82)103)91-75(115)64(79(7,8)119)89-44(4)102/h11-14,17-20,22-27,35,40-42,53-59,63-65,87,100,119-120H,15-16,21,28-34,36-39,81H2,1-10H3,(H2,82,103)(H2,83,104)(H2,84,105)(H2,85,106)(H,86,101)(H,88,110)(H,89,102)(H,90,112)(H,91,115)(H,92,111)(H,93,107)(H,94,114)(H,95,116)(H,96,117)(H,97,108)(H,98,109)(H,99,113)/t41-,42+,53-,54-,55-,56-,57-,58-,59-,63-,64+,65+/m0/s1. The zero-order valence-electron chi connectivity index (χ0n) is 68.6. The number of para-hydroxylation sites is 1. The first-order valence-electron chi connectivity index (χ1n) is 38.8. The molecule has 1 aromatic heterocycles. The average Bonchev–Trinajstić information content (AvgIpc) is 1.79. The van der Waals surface area contributed by atoms with Gasteiger partial charge in [0, 0.05) is 85.6 Å². The van der Waals surface area contributed by atoms with E-state index in [1.165, 1.54) is 61.6 Å². The highest BCUT2D eigenvalue weighted by Gasteiger charge is 2.43. The maximum Gasteiger partial charge on any atom is 0.245 e. The van der Waals surface area contributed by atoms with Crippen LogP contribution in [0.1, 0.15) is 137 Å². The zero-order valence-corrected chi connectivity index (χ0v) is 70.4. The normalized spacial score (nSPS) is 14.5. The van der Waals surface area contributed by atoms with Crippen LogP contribution in [-0.4, -0.2) is 218 Å². The number of carbonyl (C=O) groups excluding carboxylic acids is 17. The van der Waals surface area contributed by atoms with Crippen molar-refractivity contribution >= 4 is 147 Å². The molecule has 0 spiro atoms. The van der Waals surface area contributed by atoms with Gasteiger partial charge in [-0.25, -0.2) is 0 Å². The Labute approximate surface area is 704 Å². The number of hydrogen-bond acceptors (Lipinski definition) is 22. The monoisotopic (exact) mass is 1710 g/mol. The summed E-state index contributed by atoms with van der Waals surface area (Å²) >= 11 is 9.17. The number of aromatic nitrogens is 1. The fourth-order valence-electron chi connectivity index (χ4n) is 12.4. The number of rotatable bonds is 49. The molecule has 17 amide bonds. The van der Waals surface area contributed by atoms with Gasteiger partial charge in [-0.2, -0.15) is 25.3 Å². The van der Waals surface area contributed by atoms with Crippen LogP contribution in [0, 0.1) is 0 Å². The molecule has 654 valence electrons. The van der Waals surface area contributed by atoms with E-state index in [1.54, 1.807) is 72.8 Å². The highest BCUT2D eigenvalue weighted by atomic mass is 32.1. The molecule has 5 aromatic rings. The van der Waals surface area contributed by atoms with Gasteiger partial charge in [-0.3, -0.25) is 81.5 Å². The lowest BCUT2D eigenvalue weighted by Gasteiger charge is -2.33. The molecule has 0 aliphatic heterocycles. The van der Waals surface area contributed by atoms with Crippen LogP contribution in [0.2, 0.25) is 0 Å². The molecule has 0 fully saturated rings. The molecule has 12 atom stereocenters. The van der Waals surface area contributed by atoms with Crippen LogP contribution >= 0.6 is 25.3 Å². The van der Waals surface area contributed by atoms with Crippen LogP contribution in [0.4, 0.5) is 0 Å². The Balaban J connectivity index is 1.53. The maximum absolute atomic E-state index is 15.5. The number of amides is 17. The van der Waals surface area contributed by atoms with Gasteiger partial charge in [0.15, 0.2) is 0 Å². The van der Waals surface area contributed by atoms with Crippen LogP contribution in [-0.2, 0) is 101 Å². The number of hydrogen-bond donors (Lipinski definition) is 22. The lowest BCUT2D eigenvalue weighted by molar-refractivity contribution is -0.138. The molecule has 120 heavy (non-hydrogen) atoms. The number of thiol groups is 2. The third-order valence-corrected chi connectivity index (χ3v) is 19.5. The lowest BCUT2D eigenvalue weighted by Crippen LogP contribution is -2.64. The van der Waals surface area contributed by atoms with Gasteiger partial charge in [-0.05, 0) is 133 Å². The fraction of sp³-hybridized carbons (Fsp3) is 0.487. The smallest absolute Gasteiger partial charge is 0.245 e. The van der Waals surface area contributed by atoms with Crippen molar-refractivity contribution < 1.29 is 91.4 Å². The topological polar surface area (TPSA) is 622 Å². The van der Waals surface area contributed by atoms with Crippen LogP contribution < -0.4 is 103 Å². The third kappa shape index (κ3) is 32.1. The number of fused-ring (bicyclic) bond motifs is 2. The highest BCUT2D eigenvalue weighted by Crippen LogP contribution is 2.25. The minimum absolute atomic E-state index is 0.137. The van der Waals surface area contributed by atoms with E-state index in [1.807, 2.05) is 18.2 Å². The van der Waals surface area contributed by atoms with Crippen molar-refractivity contribution in [3.8, 4) is 5.75 Å². The molecule has 0 bridgehead atoms. The SMILES string of the molecule is CC(=O)NCCCC[C@H](NC(=O)C(C)(C)NC(=O)[C@H](Cc1ccc2ccccc2c1)NC(=O)[C@H](Cc1ccc(OCCN)cc1)NC(=O)[C@@H](NC(=O)[C@H](CCC(N)=O)NC(=O)[C@H](Cc1c[nH]c2ccccc12)NC(=O)[C@@H](NC(=O)[C@H](CCC(N)=O)NC(=O)[C@@H](NC(C)=O)C(C)(C)S)[C@@H](C)O)C(C)(C)S)C(=O)N[C@@H](CC(N)=O)C(=O)N[C@@H](C)C(N)=O. The highest BCUT2D eigenvalue weighted by molar-refractivity contribution is 7.82. The first kappa shape index (κ1) is 98.7. The van der Waals surface area contributed by atoms with Gasteiger partial charge in [0.2, 0.25) is 100 Å². The van der Waals surface area contributed by atoms with Gasteiger partial charge in [0.1, 0.15) is 84.4 Å². The van der Waals surface area contributed by atoms with E-state index >= 15 is 24.0 Å². The molecule has 0 aliphatic rings. The molecular weight excluding hydrogens is 1600 g/mol. The van der Waals surface area contributed by atoms with Crippen molar-refractivity contribution in [2.24, 2.45) is 28.7 Å². The first-order valence-corrected chi connectivity index (χ1v) is 39.7. The second-order valence-corrected chi connectivity index (χ2v) is 33.1. The molecule has 0 saturated carbocycles. The van der Waals surface area contributed by atoms with Gasteiger partial charge < -0.3 is 113 Å². The molecule has 0 radical (unpaired) electrons. The summed E-state index contributed by atoms with van der Waals surface area (Å²) in [5.41, 5.74) is 27.5. The van der Waals surface area contributed by atoms with Gasteiger partial charge in [-0.1, -0.05) is 72.8 Å². The van der Waals surface area contributed by atoms with Crippen LogP contribution in [0.25, 0.3) is 21.7 Å². The van der Waals surface area contributed by atoms with Crippen LogP contribution in [0.3, 0.4) is 0 Å². The summed E-state index contributed by atoms with van der Waals surface area (Å²) in [5.74, 6) is -16.0. The van der Waals surface area contributed by atoms with E-state index in [9.17, 15) is 62.6 Å². The molecule has 40 heteroatoms. The largest absolute Gasteiger partial charge is 0.492 e. The minimum atomic E-state index is -1.98. The lowest BCUT2D eigenvalue weighted by atomic mass is 9.97. The number of benzene rings is 4. The Bertz CT molecular complexity index is 4530. The summed E-state index contributed by atoms with van der Waals surface area (Å²) in [7, 11) is 0. The zero-order chi connectivity index (χ0) is 89.7. The molecular formula is C80H113N19O19S2. The number of nitrogens with one attached hydrogen (secondary N) is 14. The van der Waals surface area contributed by atoms with Gasteiger partial charge >= 0.3 is 0 Å². The number of H-pyrrole nitrogens is 1. The van der Waals surface area contributed by atoms with Crippen molar-refractivity contribution in [3.05, 3.63) is 114 Å². The van der Waals surface area contributed by atoms with Crippen LogP contribution in [0.5, 0.6) is 5.75 Å². The van der Waals surface area contributed by atoms with E-state index in [2.05, 4.69) is 86.7 Å². The number of carbonyl (C=O) groups is 17. The maximum atomic E-state index is 15.5. The van der Waals surface area contributed by atoms with Crippen molar-refractivity contribution in [2.45, 2.75) is 227 Å². The van der Waals surface area contributed by atoms with Gasteiger partial charge in [-0.15, -0.1) is 0 Å². The Morgan fingerprint density at radius 2 is 0.950 bits per heavy atom. The fourth-order valence-corrected chi connectivity index (χ4v) is 12.8. The number of nitrogens with two attached hydrogens (primary N) is 5. The number of primary amides is 4. The predicted octanol–water partition coefficient (Wildman–Crippen LogP) is -3.05. The molecule has 4 aromatic carbocycles. The number of aliphatic hydroxyl groups is 1. The summed E-state index contributed by atoms with van der Waals surface area (Å²) in [6, 6.07) is 7.67. The molecule has 38 nitrogen and oxygen atoms in total. The van der Waals surface area contributed by atoms with Crippen molar-refractivity contribution in [1.82, 2.24) is 74.1 Å². The Morgan fingerprint density at radius 1 is 0.475 bits per heavy atom. The molecule has 25 N–H and O–H groups in total. The second-order valence-electron chi connectivity index (χ2n) is 30.8. The second kappa shape index (κ2) is 45.9. The summed E-state index contributed by atoms with van der Waals surface area (Å²) in [5, 5.41) is 46.4. The number of aliphatic hydroxyl groups excluding tert-OH is 1. The summed E-state index contributed by atoms with van der Waals surface area (Å²) in [6.07, 6.45) is -3.69. The summed E-state index contributed by atoms with van der Waals surface area (Å²) in [4.78, 5) is 237. The summed E-state index contributed by atoms with van der Waals surface area (Å²) in [6.45, 7) is 13.7. The van der Waals surface area contributed by atoms with E-state index in [0.717, 1.165) is 24.6 Å². The Morgan fingerprint density at radius 3 is 1.51 bits per heavy atom. The van der Waals surface area contributed by atoms with E-state index in [-0.39, 0.29) is 64.1 Å². The summed E-state index contributed by atoms with van der Waals surface area (Å²) < 4.78 is 2.87. The number of unbranched alkanes of at least 4 members (excludes halogenated alkanes) is 1. The Hall–Kier alpha value is -11.9. The van der Waals surface area contributed by atoms with Crippen molar-refractivity contribution in [1.29, 1.82) is 0 Å². The Kier molecular flexibility index (Phi) is 37.7. The molecule has 0 saturated heterocycles. The van der Waals surface area contributed by atoms with E-state index in [0.29, 0.717) is 33.3 Å². The molecule has 0 unspecified atom stereocenters. The molecule has 1 heterocycles. The van der Waals surface area contributed by atoms with E-state index in [4.69, 9.17) is 46.0 Å². The van der Waals surface area contributed by atoms with Gasteiger partial charge in [0.05, 0.1) is 12.5 Å². The molecule has 0 aliphatic carbocycles. The minimum Gasteiger partial charge on any atom is -0.492 e. The molecule has 5 rings (SSSR count). The number of ether oxygens (including phenoxy) is 1. The third-order valence-electron chi connectivity index (χ3n) is 19.0. The first-order chi connectivity index (χ1) is 56.2. The average molecular weight is 1710 g/mol. The number of aromatic amines is 1. The van der Waals surface area contributed by atoms with Crippen molar-refractivity contribution in [2.75, 3.05) is 19.7 Å². The van der Waals surface area contributed by atoms with Crippen molar-refractivity contribution in [3.63, 3.8) is 0 Å². The predicted molar refractivity (Wildman–Crippen MR) is 449 cm³/mol.